The van der Waals surface area contributed by atoms with Gasteiger partial charge in [-0.3, -0.25) is 4.79 Å². The first-order valence-corrected chi connectivity index (χ1v) is 7.43. The number of carbonyl (C=O) groups excluding carboxylic acids is 1. The zero-order valence-electron chi connectivity index (χ0n) is 12.9. The van der Waals surface area contributed by atoms with Crippen LogP contribution in [0.5, 0.6) is 0 Å². The summed E-state index contributed by atoms with van der Waals surface area (Å²) in [6.07, 6.45) is 1.98. The average Bonchev–Trinajstić information content (AvgIpc) is 2.25. The van der Waals surface area contributed by atoms with E-state index in [0.717, 1.165) is 0 Å². The highest BCUT2D eigenvalue weighted by Gasteiger charge is 2.44. The first kappa shape index (κ1) is 18.1. The van der Waals surface area contributed by atoms with E-state index >= 15 is 0 Å². The van der Waals surface area contributed by atoms with E-state index in [1.165, 1.54) is 0 Å². The van der Waals surface area contributed by atoms with Gasteiger partial charge in [-0.15, -0.1) is 0 Å². The molecule has 0 unspecified atom stereocenters. The summed E-state index contributed by atoms with van der Waals surface area (Å²) in [5.74, 6) is -0.942. The van der Waals surface area contributed by atoms with Gasteiger partial charge in [0.1, 0.15) is 0 Å². The molecule has 0 rings (SSSR count). The van der Waals surface area contributed by atoms with Crippen molar-refractivity contribution < 1.29 is 14.7 Å². The molecule has 19 heavy (non-hydrogen) atoms. The standard InChI is InChI=1S/C13H26N2O3S/c1-11(2,19-7)8-14-10(18)15-13(5,6)12(3,4)9(16)17/h8H2,1-7H3,(H,16,17)(H2,14,15,18). The van der Waals surface area contributed by atoms with Crippen molar-refractivity contribution in [2.24, 2.45) is 5.41 Å². The van der Waals surface area contributed by atoms with Gasteiger partial charge in [-0.25, -0.2) is 4.79 Å². The quantitative estimate of drug-likeness (QED) is 0.701. The molecule has 6 heteroatoms. The fraction of sp³-hybridized carbons (Fsp3) is 0.846. The summed E-state index contributed by atoms with van der Waals surface area (Å²) in [4.78, 5) is 23.1. The molecule has 0 atom stereocenters. The van der Waals surface area contributed by atoms with Crippen molar-refractivity contribution in [1.82, 2.24) is 10.6 Å². The molecule has 2 amide bonds. The third-order valence-corrected chi connectivity index (χ3v) is 5.00. The fourth-order valence-electron chi connectivity index (χ4n) is 1.12. The van der Waals surface area contributed by atoms with Crippen LogP contribution in [-0.2, 0) is 4.79 Å². The van der Waals surface area contributed by atoms with Gasteiger partial charge in [0.25, 0.3) is 0 Å². The molecule has 3 N–H and O–H groups in total. The van der Waals surface area contributed by atoms with E-state index in [9.17, 15) is 14.7 Å². The Labute approximate surface area is 119 Å². The summed E-state index contributed by atoms with van der Waals surface area (Å²) in [5, 5.41) is 14.7. The van der Waals surface area contributed by atoms with Crippen molar-refractivity contribution >= 4 is 23.8 Å². The minimum atomic E-state index is -1.06. The van der Waals surface area contributed by atoms with Crippen molar-refractivity contribution in [3.8, 4) is 0 Å². The summed E-state index contributed by atoms with van der Waals surface area (Å²) in [6.45, 7) is 11.2. The second kappa shape index (κ2) is 6.03. The van der Waals surface area contributed by atoms with Crippen molar-refractivity contribution in [2.45, 2.75) is 51.8 Å². The minimum Gasteiger partial charge on any atom is -0.481 e. The van der Waals surface area contributed by atoms with Crippen LogP contribution in [0, 0.1) is 5.41 Å². The Kier molecular flexibility index (Phi) is 5.74. The Morgan fingerprint density at radius 1 is 1.11 bits per heavy atom. The van der Waals surface area contributed by atoms with Crippen LogP contribution in [0.4, 0.5) is 4.79 Å². The van der Waals surface area contributed by atoms with Crippen LogP contribution in [-0.4, -0.2) is 40.2 Å². The van der Waals surface area contributed by atoms with Gasteiger partial charge in [-0.2, -0.15) is 11.8 Å². The zero-order valence-corrected chi connectivity index (χ0v) is 13.7. The fourth-order valence-corrected chi connectivity index (χ4v) is 1.33. The summed E-state index contributed by atoms with van der Waals surface area (Å²) in [6, 6.07) is -0.346. The first-order valence-electron chi connectivity index (χ1n) is 6.20. The lowest BCUT2D eigenvalue weighted by atomic mass is 9.74. The third-order valence-electron chi connectivity index (χ3n) is 3.75. The molecule has 0 aromatic rings. The molecule has 0 heterocycles. The number of rotatable bonds is 6. The highest BCUT2D eigenvalue weighted by atomic mass is 32.2. The van der Waals surface area contributed by atoms with Crippen LogP contribution in [0.2, 0.25) is 0 Å². The molecule has 5 nitrogen and oxygen atoms in total. The second-order valence-corrected chi connectivity index (χ2v) is 7.84. The molecule has 0 saturated heterocycles. The van der Waals surface area contributed by atoms with Crippen LogP contribution >= 0.6 is 11.8 Å². The molecule has 0 aliphatic heterocycles. The topological polar surface area (TPSA) is 78.4 Å². The highest BCUT2D eigenvalue weighted by molar-refractivity contribution is 7.99. The van der Waals surface area contributed by atoms with Crippen LogP contribution in [0.3, 0.4) is 0 Å². The third kappa shape index (κ3) is 4.93. The van der Waals surface area contributed by atoms with Crippen molar-refractivity contribution in [3.05, 3.63) is 0 Å². The average molecular weight is 290 g/mol. The highest BCUT2D eigenvalue weighted by Crippen LogP contribution is 2.30. The summed E-state index contributed by atoms with van der Waals surface area (Å²) in [7, 11) is 0. The summed E-state index contributed by atoms with van der Waals surface area (Å²) < 4.78 is -0.0518. The summed E-state index contributed by atoms with van der Waals surface area (Å²) in [5.41, 5.74) is -1.91. The monoisotopic (exact) mass is 290 g/mol. The SMILES string of the molecule is CSC(C)(C)CNC(=O)NC(C)(C)C(C)(C)C(=O)O. The van der Waals surface area contributed by atoms with E-state index in [4.69, 9.17) is 0 Å². The van der Waals surface area contributed by atoms with E-state index in [-0.39, 0.29) is 10.8 Å². The van der Waals surface area contributed by atoms with E-state index in [1.54, 1.807) is 39.5 Å². The number of carboxylic acid groups (broad SMARTS) is 1. The molecule has 0 aromatic carbocycles. The lowest BCUT2D eigenvalue weighted by Gasteiger charge is -2.39. The van der Waals surface area contributed by atoms with E-state index in [1.807, 2.05) is 20.1 Å². The first-order chi connectivity index (χ1) is 8.35. The number of urea groups is 1. The van der Waals surface area contributed by atoms with Crippen molar-refractivity contribution in [3.63, 3.8) is 0 Å². The number of hydrogen-bond acceptors (Lipinski definition) is 3. The Morgan fingerprint density at radius 3 is 1.95 bits per heavy atom. The molecule has 0 aliphatic carbocycles. The Morgan fingerprint density at radius 2 is 1.58 bits per heavy atom. The minimum absolute atomic E-state index is 0.0518. The molecule has 0 radical (unpaired) electrons. The normalized spacial score (nSPS) is 13.0. The molecule has 0 spiro atoms. The number of amides is 2. The molecule has 0 bridgehead atoms. The molecule has 0 fully saturated rings. The number of hydrogen-bond donors (Lipinski definition) is 3. The zero-order chi connectivity index (χ0) is 15.5. The Bertz CT molecular complexity index is 352. The van der Waals surface area contributed by atoms with Gasteiger partial charge in [0.15, 0.2) is 0 Å². The predicted molar refractivity (Wildman–Crippen MR) is 79.6 cm³/mol. The van der Waals surface area contributed by atoms with Crippen LogP contribution in [0.1, 0.15) is 41.5 Å². The molecular formula is C13H26N2O3S. The smallest absolute Gasteiger partial charge is 0.315 e. The van der Waals surface area contributed by atoms with E-state index < -0.39 is 16.9 Å². The molecule has 0 aromatic heterocycles. The van der Waals surface area contributed by atoms with Gasteiger partial charge in [0.05, 0.1) is 11.0 Å². The van der Waals surface area contributed by atoms with E-state index in [0.29, 0.717) is 6.54 Å². The molecule has 0 aliphatic rings. The maximum Gasteiger partial charge on any atom is 0.315 e. The van der Waals surface area contributed by atoms with E-state index in [2.05, 4.69) is 10.6 Å². The maximum atomic E-state index is 11.9. The van der Waals surface area contributed by atoms with Crippen molar-refractivity contribution in [2.75, 3.05) is 12.8 Å². The number of carboxylic acids is 1. The number of aliphatic carboxylic acids is 1. The maximum absolute atomic E-state index is 11.9. The Balaban J connectivity index is 4.60. The van der Waals surface area contributed by atoms with Crippen molar-refractivity contribution in [1.29, 1.82) is 0 Å². The lowest BCUT2D eigenvalue weighted by Crippen LogP contribution is -2.59. The largest absolute Gasteiger partial charge is 0.481 e. The number of thioether (sulfide) groups is 1. The van der Waals surface area contributed by atoms with Gasteiger partial charge in [0.2, 0.25) is 0 Å². The Hall–Kier alpha value is -0.910. The lowest BCUT2D eigenvalue weighted by molar-refractivity contribution is -0.150. The predicted octanol–water partition coefficient (Wildman–Crippen LogP) is 2.32. The van der Waals surface area contributed by atoms with Gasteiger partial charge in [0, 0.05) is 11.3 Å². The van der Waals surface area contributed by atoms with Gasteiger partial charge in [-0.1, -0.05) is 0 Å². The van der Waals surface area contributed by atoms with Crippen LogP contribution in [0.15, 0.2) is 0 Å². The molecule has 0 saturated carbocycles. The van der Waals surface area contributed by atoms with Gasteiger partial charge in [-0.05, 0) is 47.8 Å². The van der Waals surface area contributed by atoms with Gasteiger partial charge < -0.3 is 15.7 Å². The number of carbonyl (C=O) groups is 2. The molecular weight excluding hydrogens is 264 g/mol. The van der Waals surface area contributed by atoms with Crippen LogP contribution < -0.4 is 10.6 Å². The summed E-state index contributed by atoms with van der Waals surface area (Å²) >= 11 is 1.66. The van der Waals surface area contributed by atoms with Crippen LogP contribution in [0.25, 0.3) is 0 Å². The molecule has 112 valence electrons. The second-order valence-electron chi connectivity index (χ2n) is 6.33. The van der Waals surface area contributed by atoms with Gasteiger partial charge >= 0.3 is 12.0 Å². The number of nitrogens with one attached hydrogen (secondary N) is 2.